The monoisotopic (exact) mass is 378 g/mol. The van der Waals surface area contributed by atoms with Crippen LogP contribution in [-0.4, -0.2) is 33.5 Å². The van der Waals surface area contributed by atoms with E-state index in [1.54, 1.807) is 0 Å². The standard InChI is InChI=1S/C23H38O4/c1-13(10-20(26)27)16-4-5-17-21-18(7-9-23(16,17)3)22(2)8-6-15(24)11-14(22)12-19(21)25/h13-19,21,24-25H,4-12H2,1-3H3,(H,26,27)/t13-,14+,15-,16-,17+,18+,19-,21+,22+,23-/m1/s1. The van der Waals surface area contributed by atoms with Crippen molar-refractivity contribution in [2.45, 2.75) is 90.8 Å². The third-order valence-electron chi connectivity index (χ3n) is 9.91. The summed E-state index contributed by atoms with van der Waals surface area (Å²) in [6.45, 7) is 6.96. The molecule has 4 rings (SSSR count). The van der Waals surface area contributed by atoms with Crippen LogP contribution in [0.15, 0.2) is 0 Å². The minimum absolute atomic E-state index is 0.175. The maximum atomic E-state index is 11.3. The molecule has 0 saturated heterocycles. The largest absolute Gasteiger partial charge is 0.481 e. The van der Waals surface area contributed by atoms with Gasteiger partial charge in [0.1, 0.15) is 0 Å². The summed E-state index contributed by atoms with van der Waals surface area (Å²) in [4.78, 5) is 11.3. The fourth-order valence-electron chi connectivity index (χ4n) is 8.59. The van der Waals surface area contributed by atoms with E-state index in [4.69, 9.17) is 0 Å². The molecule has 0 spiro atoms. The molecule has 0 unspecified atom stereocenters. The first kappa shape index (κ1) is 19.7. The molecule has 0 aromatic heterocycles. The third-order valence-corrected chi connectivity index (χ3v) is 9.91. The van der Waals surface area contributed by atoms with E-state index < -0.39 is 5.97 Å². The molecular weight excluding hydrogens is 340 g/mol. The third kappa shape index (κ3) is 2.97. The second-order valence-corrected chi connectivity index (χ2v) is 11.0. The highest BCUT2D eigenvalue weighted by molar-refractivity contribution is 5.67. The highest BCUT2D eigenvalue weighted by atomic mass is 16.4. The number of aliphatic carboxylic acids is 1. The molecule has 4 saturated carbocycles. The van der Waals surface area contributed by atoms with Gasteiger partial charge in [0.25, 0.3) is 0 Å². The second kappa shape index (κ2) is 6.73. The van der Waals surface area contributed by atoms with Crippen molar-refractivity contribution in [2.75, 3.05) is 0 Å². The lowest BCUT2D eigenvalue weighted by molar-refractivity contribution is -0.174. The van der Waals surface area contributed by atoms with Crippen molar-refractivity contribution >= 4 is 5.97 Å². The van der Waals surface area contributed by atoms with Crippen LogP contribution in [0.3, 0.4) is 0 Å². The van der Waals surface area contributed by atoms with E-state index in [0.717, 1.165) is 44.9 Å². The van der Waals surface area contributed by atoms with Gasteiger partial charge in [0, 0.05) is 6.42 Å². The van der Waals surface area contributed by atoms with E-state index in [1.165, 1.54) is 6.42 Å². The molecule has 154 valence electrons. The smallest absolute Gasteiger partial charge is 0.303 e. The Morgan fingerprint density at radius 3 is 2.37 bits per heavy atom. The van der Waals surface area contributed by atoms with Crippen molar-refractivity contribution in [1.29, 1.82) is 0 Å². The summed E-state index contributed by atoms with van der Waals surface area (Å²) >= 11 is 0. The van der Waals surface area contributed by atoms with Gasteiger partial charge in [-0.1, -0.05) is 20.8 Å². The number of carboxylic acids is 1. The number of hydrogen-bond donors (Lipinski definition) is 3. The minimum atomic E-state index is -0.683. The predicted molar refractivity (Wildman–Crippen MR) is 104 cm³/mol. The topological polar surface area (TPSA) is 77.8 Å². The van der Waals surface area contributed by atoms with Crippen molar-refractivity contribution in [1.82, 2.24) is 0 Å². The molecule has 0 aromatic rings. The molecule has 0 radical (unpaired) electrons. The molecule has 4 aliphatic carbocycles. The van der Waals surface area contributed by atoms with Gasteiger partial charge in [0.05, 0.1) is 12.2 Å². The molecule has 4 fully saturated rings. The van der Waals surface area contributed by atoms with Crippen molar-refractivity contribution in [3.8, 4) is 0 Å². The van der Waals surface area contributed by atoms with E-state index in [2.05, 4.69) is 20.8 Å². The Morgan fingerprint density at radius 2 is 1.67 bits per heavy atom. The van der Waals surface area contributed by atoms with Crippen LogP contribution < -0.4 is 0 Å². The van der Waals surface area contributed by atoms with E-state index in [-0.39, 0.29) is 35.4 Å². The minimum Gasteiger partial charge on any atom is -0.481 e. The molecule has 4 aliphatic rings. The van der Waals surface area contributed by atoms with Gasteiger partial charge in [-0.05, 0) is 97.7 Å². The van der Waals surface area contributed by atoms with E-state index in [1.807, 2.05) is 0 Å². The molecule has 4 nitrogen and oxygen atoms in total. The Kier molecular flexibility index (Phi) is 4.91. The van der Waals surface area contributed by atoms with Gasteiger partial charge >= 0.3 is 5.97 Å². The summed E-state index contributed by atoms with van der Waals surface area (Å²) in [6.07, 6.45) is 8.12. The normalized spacial score (nSPS) is 53.1. The Morgan fingerprint density at radius 1 is 1.00 bits per heavy atom. The van der Waals surface area contributed by atoms with Gasteiger partial charge in [0.15, 0.2) is 0 Å². The number of fused-ring (bicyclic) bond motifs is 5. The maximum absolute atomic E-state index is 11.3. The van der Waals surface area contributed by atoms with Crippen LogP contribution in [-0.2, 0) is 4.79 Å². The first-order chi connectivity index (χ1) is 12.7. The lowest BCUT2D eigenvalue weighted by Crippen LogP contribution is -2.58. The Balaban J connectivity index is 1.60. The average Bonchev–Trinajstić information content (AvgIpc) is 2.93. The molecular formula is C23H38O4. The molecule has 0 aromatic carbocycles. The number of hydrogen-bond acceptors (Lipinski definition) is 3. The van der Waals surface area contributed by atoms with Crippen molar-refractivity contribution < 1.29 is 20.1 Å². The van der Waals surface area contributed by atoms with Crippen LogP contribution in [0.2, 0.25) is 0 Å². The van der Waals surface area contributed by atoms with E-state index in [9.17, 15) is 20.1 Å². The summed E-state index contributed by atoms with van der Waals surface area (Å²) in [6, 6.07) is 0. The lowest BCUT2D eigenvalue weighted by Gasteiger charge is -2.62. The number of carboxylic acid groups (broad SMARTS) is 1. The van der Waals surface area contributed by atoms with Crippen LogP contribution in [0.5, 0.6) is 0 Å². The van der Waals surface area contributed by atoms with Gasteiger partial charge < -0.3 is 15.3 Å². The summed E-state index contributed by atoms with van der Waals surface area (Å²) in [5, 5.41) is 30.7. The van der Waals surface area contributed by atoms with Crippen molar-refractivity contribution in [2.24, 2.45) is 46.3 Å². The second-order valence-electron chi connectivity index (χ2n) is 11.0. The van der Waals surface area contributed by atoms with Crippen LogP contribution >= 0.6 is 0 Å². The first-order valence-corrected chi connectivity index (χ1v) is 11.2. The Bertz CT molecular complexity index is 591. The number of aliphatic hydroxyl groups excluding tert-OH is 2. The zero-order valence-electron chi connectivity index (χ0n) is 17.2. The molecule has 10 atom stereocenters. The van der Waals surface area contributed by atoms with Gasteiger partial charge in [-0.25, -0.2) is 0 Å². The zero-order valence-corrected chi connectivity index (χ0v) is 17.2. The zero-order chi connectivity index (χ0) is 19.6. The fraction of sp³-hybridized carbons (Fsp3) is 0.957. The molecule has 0 aliphatic heterocycles. The molecule has 4 heteroatoms. The maximum Gasteiger partial charge on any atom is 0.303 e. The number of carbonyl (C=O) groups is 1. The first-order valence-electron chi connectivity index (χ1n) is 11.2. The molecule has 0 amide bonds. The highest BCUT2D eigenvalue weighted by Gasteiger charge is 2.62. The van der Waals surface area contributed by atoms with E-state index >= 15 is 0 Å². The predicted octanol–water partition coefficient (Wildman–Crippen LogP) is 4.09. The van der Waals surface area contributed by atoms with E-state index in [0.29, 0.717) is 29.6 Å². The van der Waals surface area contributed by atoms with Crippen LogP contribution in [0.25, 0.3) is 0 Å². The molecule has 0 bridgehead atoms. The Hall–Kier alpha value is -0.610. The van der Waals surface area contributed by atoms with Gasteiger partial charge in [-0.3, -0.25) is 4.79 Å². The summed E-state index contributed by atoms with van der Waals surface area (Å²) in [5.41, 5.74) is 0.434. The Labute approximate surface area is 163 Å². The SMILES string of the molecule is C[C@H](CC(=O)O)[C@H]1CC[C@H]2[C@@H]3[C@H](O)C[C@@H]4C[C@H](O)CC[C@]4(C)[C@H]3CC[C@]12C. The number of aliphatic hydroxyl groups is 2. The lowest BCUT2D eigenvalue weighted by atomic mass is 9.43. The quantitative estimate of drug-likeness (QED) is 0.691. The highest BCUT2D eigenvalue weighted by Crippen LogP contribution is 2.68. The fourth-order valence-corrected chi connectivity index (χ4v) is 8.59. The molecule has 3 N–H and O–H groups in total. The summed E-state index contributed by atoms with van der Waals surface area (Å²) in [7, 11) is 0. The number of rotatable bonds is 3. The van der Waals surface area contributed by atoms with Crippen LogP contribution in [0, 0.1) is 46.3 Å². The van der Waals surface area contributed by atoms with Gasteiger partial charge in [-0.2, -0.15) is 0 Å². The van der Waals surface area contributed by atoms with Crippen LogP contribution in [0.1, 0.15) is 78.6 Å². The summed E-state index contributed by atoms with van der Waals surface area (Å²) in [5.74, 6) is 1.89. The van der Waals surface area contributed by atoms with Crippen LogP contribution in [0.4, 0.5) is 0 Å². The summed E-state index contributed by atoms with van der Waals surface area (Å²) < 4.78 is 0. The van der Waals surface area contributed by atoms with Crippen molar-refractivity contribution in [3.05, 3.63) is 0 Å². The van der Waals surface area contributed by atoms with Crippen molar-refractivity contribution in [3.63, 3.8) is 0 Å². The molecule has 0 heterocycles. The van der Waals surface area contributed by atoms with Gasteiger partial charge in [0.2, 0.25) is 0 Å². The average molecular weight is 379 g/mol. The molecule has 27 heavy (non-hydrogen) atoms. The van der Waals surface area contributed by atoms with Gasteiger partial charge in [-0.15, -0.1) is 0 Å².